The summed E-state index contributed by atoms with van der Waals surface area (Å²) in [6.07, 6.45) is 2.82. The predicted molar refractivity (Wildman–Crippen MR) is 83.5 cm³/mol. The lowest BCUT2D eigenvalue weighted by molar-refractivity contribution is -0.384. The minimum Gasteiger partial charge on any atom is -0.312 e. The van der Waals surface area contributed by atoms with E-state index < -0.39 is 4.92 Å². The van der Waals surface area contributed by atoms with Gasteiger partial charge < -0.3 is 5.32 Å². The number of nitrogens with zero attached hydrogens (tertiary/aromatic N) is 2. The second-order valence-corrected chi connectivity index (χ2v) is 5.67. The molecular weight excluding hydrogens is 286 g/mol. The lowest BCUT2D eigenvalue weighted by atomic mass is 10.1. The molecule has 0 fully saturated rings. The second-order valence-electron chi connectivity index (χ2n) is 4.52. The fourth-order valence-corrected chi connectivity index (χ4v) is 2.78. The summed E-state index contributed by atoms with van der Waals surface area (Å²) in [6.45, 7) is 2.11. The van der Waals surface area contributed by atoms with Gasteiger partial charge in [-0.3, -0.25) is 15.1 Å². The number of hydrogen-bond acceptors (Lipinski definition) is 5. The molecule has 0 aliphatic heterocycles. The van der Waals surface area contributed by atoms with Gasteiger partial charge >= 0.3 is 0 Å². The highest BCUT2D eigenvalue weighted by Crippen LogP contribution is 2.29. The molecule has 0 saturated heterocycles. The Morgan fingerprint density at radius 2 is 1.90 bits per heavy atom. The summed E-state index contributed by atoms with van der Waals surface area (Å²) in [7, 11) is 1.93. The van der Waals surface area contributed by atoms with E-state index in [1.807, 2.05) is 25.4 Å². The van der Waals surface area contributed by atoms with Gasteiger partial charge in [-0.25, -0.2) is 0 Å². The number of hydrogen-bond donors (Lipinski definition) is 1. The van der Waals surface area contributed by atoms with Crippen molar-refractivity contribution in [1.29, 1.82) is 0 Å². The Balaban J connectivity index is 2.07. The molecule has 5 nitrogen and oxygen atoms in total. The average molecular weight is 303 g/mol. The van der Waals surface area contributed by atoms with Crippen LogP contribution in [-0.4, -0.2) is 17.0 Å². The third kappa shape index (κ3) is 4.03. The summed E-state index contributed by atoms with van der Waals surface area (Å²) in [5.41, 5.74) is 1.13. The molecule has 2 aromatic rings. The van der Waals surface area contributed by atoms with Gasteiger partial charge in [-0.05, 0) is 37.7 Å². The molecule has 0 amide bonds. The van der Waals surface area contributed by atoms with Crippen LogP contribution in [0.15, 0.2) is 52.4 Å². The van der Waals surface area contributed by atoms with Gasteiger partial charge in [-0.2, -0.15) is 0 Å². The first kappa shape index (κ1) is 15.5. The zero-order chi connectivity index (χ0) is 15.2. The molecule has 1 unspecified atom stereocenters. The maximum Gasteiger partial charge on any atom is 0.269 e. The standard InChI is InChI=1S/C15H17N3O2S/c1-3-14(16-2)15-9-8-13(10-17-15)21-12-6-4-11(5-7-12)18(19)20/h4-10,14,16H,3H2,1-2H3. The van der Waals surface area contributed by atoms with Gasteiger partial charge in [0.2, 0.25) is 0 Å². The molecule has 1 N–H and O–H groups in total. The molecule has 1 aromatic heterocycles. The first-order valence-corrected chi connectivity index (χ1v) is 7.51. The zero-order valence-corrected chi connectivity index (χ0v) is 12.8. The van der Waals surface area contributed by atoms with Gasteiger partial charge in [0.1, 0.15) is 0 Å². The SMILES string of the molecule is CCC(NC)c1ccc(Sc2ccc([N+](=O)[O-])cc2)cn1. The van der Waals surface area contributed by atoms with Gasteiger partial charge in [-0.1, -0.05) is 18.7 Å². The number of nitrogens with one attached hydrogen (secondary N) is 1. The molecule has 0 bridgehead atoms. The van der Waals surface area contributed by atoms with E-state index in [1.54, 1.807) is 12.1 Å². The van der Waals surface area contributed by atoms with E-state index in [0.717, 1.165) is 21.9 Å². The van der Waals surface area contributed by atoms with Crippen LogP contribution < -0.4 is 5.32 Å². The topological polar surface area (TPSA) is 68.1 Å². The molecule has 0 spiro atoms. The third-order valence-corrected chi connectivity index (χ3v) is 4.14. The van der Waals surface area contributed by atoms with Gasteiger partial charge in [0.25, 0.3) is 5.69 Å². The third-order valence-electron chi connectivity index (χ3n) is 3.16. The van der Waals surface area contributed by atoms with E-state index in [4.69, 9.17) is 0 Å². The first-order chi connectivity index (χ1) is 10.1. The van der Waals surface area contributed by atoms with E-state index in [-0.39, 0.29) is 11.7 Å². The predicted octanol–water partition coefficient (Wildman–Crippen LogP) is 3.81. The number of pyridine rings is 1. The van der Waals surface area contributed by atoms with Crippen molar-refractivity contribution in [3.05, 3.63) is 58.4 Å². The highest BCUT2D eigenvalue weighted by molar-refractivity contribution is 7.99. The fourth-order valence-electron chi connectivity index (χ4n) is 1.99. The molecular formula is C15H17N3O2S. The molecule has 1 atom stereocenters. The van der Waals surface area contributed by atoms with E-state index in [9.17, 15) is 10.1 Å². The minimum atomic E-state index is -0.395. The molecule has 21 heavy (non-hydrogen) atoms. The van der Waals surface area contributed by atoms with E-state index in [0.29, 0.717) is 0 Å². The molecule has 1 aromatic carbocycles. The Kier molecular flexibility index (Phi) is 5.30. The van der Waals surface area contributed by atoms with Gasteiger partial charge in [0.05, 0.1) is 10.6 Å². The first-order valence-electron chi connectivity index (χ1n) is 6.69. The quantitative estimate of drug-likeness (QED) is 0.649. The monoisotopic (exact) mass is 303 g/mol. The van der Waals surface area contributed by atoms with Crippen LogP contribution in [0.3, 0.4) is 0 Å². The molecule has 2 rings (SSSR count). The number of non-ortho nitro benzene ring substituents is 1. The Hall–Kier alpha value is -1.92. The number of benzene rings is 1. The fraction of sp³-hybridized carbons (Fsp3) is 0.267. The molecule has 6 heteroatoms. The molecule has 0 saturated carbocycles. The molecule has 1 heterocycles. The van der Waals surface area contributed by atoms with Gasteiger partial charge in [0, 0.05) is 34.2 Å². The number of nitro groups is 1. The number of nitro benzene ring substituents is 1. The Labute approximate surface area is 127 Å². The average Bonchev–Trinajstić information content (AvgIpc) is 2.51. The molecule has 0 aliphatic carbocycles. The van der Waals surface area contributed by atoms with E-state index in [1.165, 1.54) is 23.9 Å². The summed E-state index contributed by atoms with van der Waals surface area (Å²) < 4.78 is 0. The van der Waals surface area contributed by atoms with Crippen LogP contribution in [0.4, 0.5) is 5.69 Å². The van der Waals surface area contributed by atoms with Crippen LogP contribution in [0.5, 0.6) is 0 Å². The van der Waals surface area contributed by atoms with Crippen LogP contribution in [0, 0.1) is 10.1 Å². The lowest BCUT2D eigenvalue weighted by Crippen LogP contribution is -2.16. The van der Waals surface area contributed by atoms with E-state index in [2.05, 4.69) is 17.2 Å². The summed E-state index contributed by atoms with van der Waals surface area (Å²) >= 11 is 1.54. The van der Waals surface area contributed by atoms with Gasteiger partial charge in [0.15, 0.2) is 0 Å². The van der Waals surface area contributed by atoms with Crippen molar-refractivity contribution in [2.45, 2.75) is 29.2 Å². The van der Waals surface area contributed by atoms with Crippen LogP contribution in [0.1, 0.15) is 25.1 Å². The number of aromatic nitrogens is 1. The summed E-state index contributed by atoms with van der Waals surface area (Å²) in [4.78, 5) is 16.7. The Morgan fingerprint density at radius 1 is 1.24 bits per heavy atom. The maximum atomic E-state index is 10.6. The van der Waals surface area contributed by atoms with Crippen molar-refractivity contribution < 1.29 is 4.92 Å². The minimum absolute atomic E-state index is 0.104. The van der Waals surface area contributed by atoms with Crippen LogP contribution in [0.25, 0.3) is 0 Å². The number of rotatable bonds is 6. The molecule has 0 aliphatic rings. The summed E-state index contributed by atoms with van der Waals surface area (Å²) in [6, 6.07) is 10.8. The smallest absolute Gasteiger partial charge is 0.269 e. The van der Waals surface area contributed by atoms with Gasteiger partial charge in [-0.15, -0.1) is 0 Å². The zero-order valence-electron chi connectivity index (χ0n) is 11.9. The van der Waals surface area contributed by atoms with E-state index >= 15 is 0 Å². The molecule has 0 radical (unpaired) electrons. The van der Waals surface area contributed by atoms with Crippen molar-refractivity contribution in [2.24, 2.45) is 0 Å². The highest BCUT2D eigenvalue weighted by atomic mass is 32.2. The van der Waals surface area contributed by atoms with Crippen molar-refractivity contribution in [3.63, 3.8) is 0 Å². The van der Waals surface area contributed by atoms with Crippen molar-refractivity contribution >= 4 is 17.4 Å². The van der Waals surface area contributed by atoms with Crippen LogP contribution in [0.2, 0.25) is 0 Å². The van der Waals surface area contributed by atoms with Crippen LogP contribution >= 0.6 is 11.8 Å². The van der Waals surface area contributed by atoms with Crippen LogP contribution in [-0.2, 0) is 0 Å². The van der Waals surface area contributed by atoms with Crippen molar-refractivity contribution in [2.75, 3.05) is 7.05 Å². The second kappa shape index (κ2) is 7.19. The summed E-state index contributed by atoms with van der Waals surface area (Å²) in [5.74, 6) is 0. The van der Waals surface area contributed by atoms with Crippen molar-refractivity contribution in [3.8, 4) is 0 Å². The normalized spacial score (nSPS) is 12.1. The largest absolute Gasteiger partial charge is 0.312 e. The summed E-state index contributed by atoms with van der Waals surface area (Å²) in [5, 5.41) is 13.8. The Bertz CT molecular complexity index is 595. The lowest BCUT2D eigenvalue weighted by Gasteiger charge is -2.13. The van der Waals surface area contributed by atoms with Crippen molar-refractivity contribution in [1.82, 2.24) is 10.3 Å². The maximum absolute atomic E-state index is 10.6. The Morgan fingerprint density at radius 3 is 2.38 bits per heavy atom. The highest BCUT2D eigenvalue weighted by Gasteiger charge is 2.08. The molecule has 110 valence electrons.